The Balaban J connectivity index is 0.867. The normalized spacial score (nSPS) is 18.8. The van der Waals surface area contributed by atoms with E-state index in [0.29, 0.717) is 61.0 Å². The molecule has 8 rings (SSSR count). The first-order valence-corrected chi connectivity index (χ1v) is 19.0. The molecular weight excluding hydrogens is 718 g/mol. The van der Waals surface area contributed by atoms with Crippen molar-refractivity contribution in [1.29, 1.82) is 0 Å². The van der Waals surface area contributed by atoms with Gasteiger partial charge < -0.3 is 15.1 Å². The molecule has 1 atom stereocenters. The van der Waals surface area contributed by atoms with E-state index in [0.717, 1.165) is 41.8 Å². The average Bonchev–Trinajstić information content (AvgIpc) is 3.80. The summed E-state index contributed by atoms with van der Waals surface area (Å²) in [5, 5.41) is 6.02. The number of benzene rings is 1. The van der Waals surface area contributed by atoms with Crippen LogP contribution in [0, 0.1) is 6.92 Å². The number of aromatic nitrogens is 4. The van der Waals surface area contributed by atoms with Gasteiger partial charge in [0.05, 0.1) is 28.6 Å². The number of fused-ring (bicyclic) bond motifs is 2. The molecule has 4 aromatic rings. The summed E-state index contributed by atoms with van der Waals surface area (Å²) >= 11 is 0. The van der Waals surface area contributed by atoms with Crippen LogP contribution in [0.2, 0.25) is 0 Å². The fraction of sp³-hybridized carbons (Fsp3) is 0.400. The van der Waals surface area contributed by atoms with Crippen molar-refractivity contribution in [1.82, 2.24) is 34.6 Å². The molecule has 2 saturated heterocycles. The van der Waals surface area contributed by atoms with Crippen LogP contribution in [0.5, 0.6) is 0 Å². The zero-order valence-corrected chi connectivity index (χ0v) is 31.2. The maximum atomic E-state index is 13.5. The second-order valence-corrected chi connectivity index (χ2v) is 14.8. The van der Waals surface area contributed by atoms with Gasteiger partial charge in [-0.3, -0.25) is 48.3 Å². The van der Waals surface area contributed by atoms with Crippen LogP contribution >= 0.6 is 0 Å². The number of carbonyl (C=O) groups excluding carboxylic acids is 6. The SMILES string of the molecule is CC(=O)c1c(C)c2cnc(Nc3ccc(N4CCN(C(=O)CCc5ccc6c(c5)C(=O)N(C5CCC(=O)NC5=O)C6=O)CC4)cn3)nc2n(C2CCCC2)c1=O. The molecule has 6 heterocycles. The minimum atomic E-state index is -1.03. The highest BCUT2D eigenvalue weighted by Crippen LogP contribution is 2.33. The number of piperazine rings is 1. The van der Waals surface area contributed by atoms with Crippen LogP contribution in [0.3, 0.4) is 0 Å². The van der Waals surface area contributed by atoms with Crippen LogP contribution in [0.1, 0.15) is 100 Å². The Labute approximate surface area is 321 Å². The number of aryl methyl sites for hydroxylation is 2. The molecule has 1 saturated carbocycles. The Hall–Kier alpha value is -6.32. The van der Waals surface area contributed by atoms with Gasteiger partial charge in [-0.1, -0.05) is 18.9 Å². The van der Waals surface area contributed by atoms with Gasteiger partial charge in [0.1, 0.15) is 17.5 Å². The van der Waals surface area contributed by atoms with E-state index in [1.165, 1.54) is 6.92 Å². The second kappa shape index (κ2) is 14.7. The number of piperidine rings is 1. The van der Waals surface area contributed by atoms with E-state index < -0.39 is 29.7 Å². The van der Waals surface area contributed by atoms with E-state index in [1.807, 2.05) is 17.0 Å². The fourth-order valence-corrected chi connectivity index (χ4v) is 8.37. The number of Topliss-reactive ketones (excluding diaryl/α,β-unsaturated/α-hetero) is 1. The molecule has 5 amide bonds. The van der Waals surface area contributed by atoms with E-state index in [2.05, 4.69) is 25.5 Å². The summed E-state index contributed by atoms with van der Waals surface area (Å²) in [5.74, 6) is -1.69. The van der Waals surface area contributed by atoms with Crippen LogP contribution in [0.25, 0.3) is 11.0 Å². The number of anilines is 3. The van der Waals surface area contributed by atoms with E-state index >= 15 is 0 Å². The first-order valence-electron chi connectivity index (χ1n) is 19.0. The average molecular weight is 760 g/mol. The zero-order valence-electron chi connectivity index (χ0n) is 31.2. The molecule has 16 nitrogen and oxygen atoms in total. The predicted molar refractivity (Wildman–Crippen MR) is 204 cm³/mol. The summed E-state index contributed by atoms with van der Waals surface area (Å²) in [6.45, 7) is 5.45. The number of imide groups is 2. The quantitative estimate of drug-likeness (QED) is 0.187. The molecule has 3 aromatic heterocycles. The lowest BCUT2D eigenvalue weighted by Crippen LogP contribution is -2.54. The highest BCUT2D eigenvalue weighted by atomic mass is 16.2. The van der Waals surface area contributed by atoms with Crippen molar-refractivity contribution in [3.8, 4) is 0 Å². The summed E-state index contributed by atoms with van der Waals surface area (Å²) in [4.78, 5) is 108. The van der Waals surface area contributed by atoms with E-state index in [-0.39, 0.29) is 59.2 Å². The third kappa shape index (κ3) is 6.68. The smallest absolute Gasteiger partial charge is 0.263 e. The van der Waals surface area contributed by atoms with Gasteiger partial charge in [0.25, 0.3) is 17.4 Å². The Morgan fingerprint density at radius 2 is 1.64 bits per heavy atom. The van der Waals surface area contributed by atoms with Crippen LogP contribution in [-0.2, 0) is 20.8 Å². The molecule has 1 aliphatic carbocycles. The lowest BCUT2D eigenvalue weighted by molar-refractivity contribution is -0.136. The molecule has 16 heteroatoms. The van der Waals surface area contributed by atoms with Gasteiger partial charge in [-0.15, -0.1) is 0 Å². The van der Waals surface area contributed by atoms with Gasteiger partial charge in [0, 0.05) is 56.6 Å². The molecule has 56 heavy (non-hydrogen) atoms. The van der Waals surface area contributed by atoms with Gasteiger partial charge >= 0.3 is 0 Å². The molecule has 1 aromatic carbocycles. The van der Waals surface area contributed by atoms with E-state index in [9.17, 15) is 33.6 Å². The summed E-state index contributed by atoms with van der Waals surface area (Å²) in [6.07, 6.45) is 7.88. The number of pyridine rings is 2. The number of nitrogens with one attached hydrogen (secondary N) is 2. The highest BCUT2D eigenvalue weighted by Gasteiger charge is 2.44. The van der Waals surface area contributed by atoms with Gasteiger partial charge in [-0.25, -0.2) is 9.97 Å². The largest absolute Gasteiger partial charge is 0.367 e. The van der Waals surface area contributed by atoms with Crippen LogP contribution in [-0.4, -0.2) is 96.9 Å². The molecule has 0 spiro atoms. The summed E-state index contributed by atoms with van der Waals surface area (Å²) in [5.41, 5.74) is 3.00. The Morgan fingerprint density at radius 1 is 0.893 bits per heavy atom. The second-order valence-electron chi connectivity index (χ2n) is 14.8. The molecule has 2 N–H and O–H groups in total. The number of hydrogen-bond acceptors (Lipinski definition) is 12. The third-order valence-corrected chi connectivity index (χ3v) is 11.4. The predicted octanol–water partition coefficient (Wildman–Crippen LogP) is 3.24. The third-order valence-electron chi connectivity index (χ3n) is 11.4. The van der Waals surface area contributed by atoms with Crippen molar-refractivity contribution >= 4 is 63.8 Å². The molecular formula is C40H41N9O7. The maximum Gasteiger partial charge on any atom is 0.263 e. The number of rotatable bonds is 9. The molecule has 3 fully saturated rings. The maximum absolute atomic E-state index is 13.5. The first kappa shape index (κ1) is 36.6. The Morgan fingerprint density at radius 3 is 2.34 bits per heavy atom. The lowest BCUT2D eigenvalue weighted by Gasteiger charge is -2.36. The van der Waals surface area contributed by atoms with Gasteiger partial charge in [-0.05, 0) is 74.9 Å². The standard InChI is InChI=1S/C40H41N9O7/c1-22-29-21-42-40(45-35(29)48(25-5-3-4-6-25)39(56)34(22)23(2)50)43-31-12-9-26(20-41-31)46-15-17-47(18-16-46)33(52)14-8-24-7-10-27-28(19-24)38(55)49(37(27)54)30-11-13-32(51)44-36(30)53/h7,9-10,12,19-21,25,30H,3-6,8,11,13-18H2,1-2H3,(H,44,51,53)(H,41,42,43,45). The van der Waals surface area contributed by atoms with Gasteiger partial charge in [0.15, 0.2) is 5.78 Å². The van der Waals surface area contributed by atoms with Crippen LogP contribution in [0.4, 0.5) is 17.5 Å². The monoisotopic (exact) mass is 759 g/mol. The molecule has 288 valence electrons. The van der Waals surface area contributed by atoms with Crippen molar-refractivity contribution < 1.29 is 28.8 Å². The molecule has 0 bridgehead atoms. The zero-order chi connectivity index (χ0) is 39.2. The highest BCUT2D eigenvalue weighted by molar-refractivity contribution is 6.23. The van der Waals surface area contributed by atoms with E-state index in [1.54, 1.807) is 42.1 Å². The Bertz CT molecular complexity index is 2380. The van der Waals surface area contributed by atoms with Gasteiger partial charge in [0.2, 0.25) is 23.7 Å². The minimum Gasteiger partial charge on any atom is -0.367 e. The van der Waals surface area contributed by atoms with Crippen LogP contribution < -0.4 is 21.1 Å². The number of amides is 5. The summed E-state index contributed by atoms with van der Waals surface area (Å²) in [7, 11) is 0. The fourth-order valence-electron chi connectivity index (χ4n) is 8.37. The topological polar surface area (TPSA) is 197 Å². The van der Waals surface area contributed by atoms with E-state index in [4.69, 9.17) is 4.98 Å². The van der Waals surface area contributed by atoms with Crippen LogP contribution in [0.15, 0.2) is 47.5 Å². The summed E-state index contributed by atoms with van der Waals surface area (Å²) in [6, 6.07) is 7.61. The number of ketones is 1. The molecule has 0 radical (unpaired) electrons. The van der Waals surface area contributed by atoms with Gasteiger partial charge in [-0.2, -0.15) is 4.98 Å². The minimum absolute atomic E-state index is 0.0168. The molecule has 1 unspecified atom stereocenters. The first-order chi connectivity index (χ1) is 27.0. The molecule has 3 aliphatic heterocycles. The number of hydrogen-bond donors (Lipinski definition) is 2. The van der Waals surface area contributed by atoms with Crippen molar-refractivity contribution in [3.05, 3.63) is 80.9 Å². The number of carbonyl (C=O) groups is 6. The Kier molecular flexibility index (Phi) is 9.64. The van der Waals surface area contributed by atoms with Crippen molar-refractivity contribution in [2.24, 2.45) is 0 Å². The molecule has 4 aliphatic rings. The van der Waals surface area contributed by atoms with Crippen molar-refractivity contribution in [2.45, 2.75) is 77.3 Å². The van der Waals surface area contributed by atoms with Crippen molar-refractivity contribution in [3.63, 3.8) is 0 Å². The van der Waals surface area contributed by atoms with Crippen molar-refractivity contribution in [2.75, 3.05) is 36.4 Å². The lowest BCUT2D eigenvalue weighted by atomic mass is 10.0. The number of nitrogens with zero attached hydrogens (tertiary/aromatic N) is 7. The summed E-state index contributed by atoms with van der Waals surface area (Å²) < 4.78 is 1.68.